The Hall–Kier alpha value is -2.56. The van der Waals surface area contributed by atoms with Gasteiger partial charge in [-0.05, 0) is 92.0 Å². The van der Waals surface area contributed by atoms with Crippen molar-refractivity contribution in [2.75, 3.05) is 30.6 Å². The number of hydrogen-bond acceptors (Lipinski definition) is 6. The van der Waals surface area contributed by atoms with Crippen LogP contribution in [0.5, 0.6) is 5.75 Å². The first-order valence-electron chi connectivity index (χ1n) is 13.3. The number of nitrogens with one attached hydrogen (secondary N) is 2. The first kappa shape index (κ1) is 33.6. The molecule has 1 heterocycles. The van der Waals surface area contributed by atoms with Gasteiger partial charge in [0.15, 0.2) is 0 Å². The van der Waals surface area contributed by atoms with E-state index in [1.807, 2.05) is 74.5 Å². The van der Waals surface area contributed by atoms with Crippen LogP contribution >= 0.6 is 24.8 Å². The molecule has 11 heteroatoms. The molecule has 220 valence electrons. The lowest BCUT2D eigenvalue weighted by atomic mass is 10.0. The molecule has 0 amide bonds. The first-order chi connectivity index (χ1) is 18.3. The fourth-order valence-corrected chi connectivity index (χ4v) is 6.49. The molecule has 4 rings (SSSR count). The molecule has 0 aliphatic carbocycles. The number of ether oxygens (including phenoxy) is 2. The van der Waals surface area contributed by atoms with Gasteiger partial charge in [-0.2, -0.15) is 0 Å². The zero-order chi connectivity index (χ0) is 27.1. The Morgan fingerprint density at radius 1 is 1.02 bits per heavy atom. The van der Waals surface area contributed by atoms with E-state index in [2.05, 4.69) is 5.32 Å². The maximum Gasteiger partial charge on any atom is 0.240 e. The van der Waals surface area contributed by atoms with Crippen molar-refractivity contribution >= 4 is 57.1 Å². The number of halogens is 2. The monoisotopic (exact) mass is 610 g/mol. The smallest absolute Gasteiger partial charge is 0.240 e. The van der Waals surface area contributed by atoms with Gasteiger partial charge in [-0.3, -0.25) is 9.71 Å². The molecule has 1 aliphatic rings. The van der Waals surface area contributed by atoms with Crippen molar-refractivity contribution in [2.45, 2.75) is 51.0 Å². The van der Waals surface area contributed by atoms with Crippen molar-refractivity contribution in [1.29, 1.82) is 5.41 Å². The lowest BCUT2D eigenvalue weighted by Crippen LogP contribution is -2.40. The van der Waals surface area contributed by atoms with Crippen molar-refractivity contribution < 1.29 is 17.9 Å². The van der Waals surface area contributed by atoms with Crippen molar-refractivity contribution in [1.82, 2.24) is 5.32 Å². The summed E-state index contributed by atoms with van der Waals surface area (Å²) < 4.78 is 41.0. The van der Waals surface area contributed by atoms with Crippen molar-refractivity contribution in [3.63, 3.8) is 0 Å². The van der Waals surface area contributed by atoms with E-state index in [-0.39, 0.29) is 49.9 Å². The molecule has 0 radical (unpaired) electrons. The van der Waals surface area contributed by atoms with Crippen LogP contribution < -0.4 is 20.1 Å². The Morgan fingerprint density at radius 2 is 1.70 bits per heavy atom. The minimum atomic E-state index is -3.75. The molecule has 8 nitrogen and oxygen atoms in total. The number of sulfonamides is 1. The normalized spacial score (nSPS) is 14.6. The van der Waals surface area contributed by atoms with Gasteiger partial charge in [-0.15, -0.1) is 24.8 Å². The van der Waals surface area contributed by atoms with Crippen molar-refractivity contribution in [3.05, 3.63) is 71.8 Å². The fraction of sp³-hybridized carbons (Fsp3) is 0.414. The molecule has 4 N–H and O–H groups in total. The quantitative estimate of drug-likeness (QED) is 0.190. The molecular weight excluding hydrogens is 571 g/mol. The number of nitrogens with zero attached hydrogens (tertiary/aromatic N) is 1. The zero-order valence-corrected chi connectivity index (χ0v) is 25.4. The van der Waals surface area contributed by atoms with Gasteiger partial charge in [0.1, 0.15) is 22.9 Å². The minimum Gasteiger partial charge on any atom is -0.490 e. The predicted octanol–water partition coefficient (Wildman–Crippen LogP) is 5.25. The second kappa shape index (κ2) is 15.4. The molecule has 1 atom stereocenters. The number of benzene rings is 3. The van der Waals surface area contributed by atoms with E-state index in [0.29, 0.717) is 24.3 Å². The maximum atomic E-state index is 13.9. The van der Waals surface area contributed by atoms with Crippen LogP contribution in [0.1, 0.15) is 44.2 Å². The minimum absolute atomic E-state index is 0. The lowest BCUT2D eigenvalue weighted by molar-refractivity contribution is 0.146. The third-order valence-corrected chi connectivity index (χ3v) is 9.21. The number of hydrogen-bond donors (Lipinski definition) is 3. The summed E-state index contributed by atoms with van der Waals surface area (Å²) in [6.07, 6.45) is 2.50. The lowest BCUT2D eigenvalue weighted by Gasteiger charge is -2.29. The molecule has 0 saturated carbocycles. The second-order valence-corrected chi connectivity index (χ2v) is 11.7. The SMILES string of the molecule is CCOCC(CC)S(=O)(=O)N(Cc1ccc2ccc(C(=N)N)cc2c1)c1ccc(OC2CCNCC2)cc1.Cl.Cl. The zero-order valence-electron chi connectivity index (χ0n) is 23.0. The molecule has 3 aromatic carbocycles. The highest BCUT2D eigenvalue weighted by atomic mass is 35.5. The number of nitrogen functional groups attached to an aromatic ring is 1. The maximum absolute atomic E-state index is 13.9. The molecule has 0 spiro atoms. The van der Waals surface area contributed by atoms with Gasteiger partial charge in [0.05, 0.1) is 18.8 Å². The van der Waals surface area contributed by atoms with Crippen molar-refractivity contribution in [2.24, 2.45) is 5.73 Å². The van der Waals surface area contributed by atoms with Crippen LogP contribution in [0.25, 0.3) is 10.8 Å². The number of nitrogens with two attached hydrogens (primary N) is 1. The molecule has 1 saturated heterocycles. The Bertz CT molecular complexity index is 1350. The summed E-state index contributed by atoms with van der Waals surface area (Å²) in [5.74, 6) is 0.733. The molecule has 1 aliphatic heterocycles. The summed E-state index contributed by atoms with van der Waals surface area (Å²) >= 11 is 0. The van der Waals surface area contributed by atoms with Crippen LogP contribution in [0.15, 0.2) is 60.7 Å². The average Bonchev–Trinajstić information content (AvgIpc) is 2.92. The van der Waals surface area contributed by atoms with E-state index in [1.54, 1.807) is 0 Å². The Kier molecular flexibility index (Phi) is 13.0. The number of fused-ring (bicyclic) bond motifs is 1. The van der Waals surface area contributed by atoms with Crippen LogP contribution in [0.3, 0.4) is 0 Å². The largest absolute Gasteiger partial charge is 0.490 e. The van der Waals surface area contributed by atoms with E-state index < -0.39 is 15.3 Å². The van der Waals surface area contributed by atoms with E-state index in [9.17, 15) is 8.42 Å². The van der Waals surface area contributed by atoms with Gasteiger partial charge < -0.3 is 20.5 Å². The van der Waals surface area contributed by atoms with E-state index in [0.717, 1.165) is 48.0 Å². The number of amidine groups is 1. The van der Waals surface area contributed by atoms with E-state index in [4.69, 9.17) is 20.6 Å². The fourth-order valence-electron chi connectivity index (χ4n) is 4.70. The predicted molar refractivity (Wildman–Crippen MR) is 168 cm³/mol. The molecule has 40 heavy (non-hydrogen) atoms. The van der Waals surface area contributed by atoms with Crippen LogP contribution in [-0.2, 0) is 21.3 Å². The van der Waals surface area contributed by atoms with Gasteiger partial charge in [-0.1, -0.05) is 31.2 Å². The van der Waals surface area contributed by atoms with E-state index >= 15 is 0 Å². The highest BCUT2D eigenvalue weighted by molar-refractivity contribution is 7.93. The third kappa shape index (κ3) is 8.24. The first-order valence-corrected chi connectivity index (χ1v) is 14.8. The number of anilines is 1. The summed E-state index contributed by atoms with van der Waals surface area (Å²) in [6.45, 7) is 6.37. The topological polar surface area (TPSA) is 118 Å². The molecule has 1 fully saturated rings. The van der Waals surface area contributed by atoms with E-state index in [1.165, 1.54) is 4.31 Å². The average molecular weight is 612 g/mol. The summed E-state index contributed by atoms with van der Waals surface area (Å²) in [4.78, 5) is 0. The van der Waals surface area contributed by atoms with Gasteiger partial charge in [0.25, 0.3) is 0 Å². The van der Waals surface area contributed by atoms with Gasteiger partial charge in [-0.25, -0.2) is 8.42 Å². The van der Waals surface area contributed by atoms with Gasteiger partial charge in [0.2, 0.25) is 10.0 Å². The highest BCUT2D eigenvalue weighted by Gasteiger charge is 2.32. The standard InChI is InChI=1S/C29H38N4O4S.2ClH/c1-3-28(20-36-4-2)38(34,35)33(25-9-11-26(12-10-25)37-27-13-15-32-16-14-27)19-21-5-6-22-7-8-23(29(30)31)18-24(22)17-21;;/h5-12,17-18,27-28,32H,3-4,13-16,19-20H2,1-2H3,(H3,30,31);2*1H. The Morgan fingerprint density at radius 3 is 2.33 bits per heavy atom. The van der Waals surface area contributed by atoms with Crippen molar-refractivity contribution in [3.8, 4) is 5.75 Å². The molecule has 1 unspecified atom stereocenters. The van der Waals surface area contributed by atoms with Gasteiger partial charge >= 0.3 is 0 Å². The van der Waals surface area contributed by atoms with Crippen LogP contribution in [-0.4, -0.2) is 51.9 Å². The molecule has 0 aromatic heterocycles. The summed E-state index contributed by atoms with van der Waals surface area (Å²) in [7, 11) is -3.75. The third-order valence-electron chi connectivity index (χ3n) is 6.95. The number of piperidine rings is 1. The molecular formula is C29H40Cl2N4O4S. The summed E-state index contributed by atoms with van der Waals surface area (Å²) in [6, 6.07) is 18.8. The second-order valence-electron chi connectivity index (χ2n) is 9.61. The van der Waals surface area contributed by atoms with Crippen LogP contribution in [0.2, 0.25) is 0 Å². The van der Waals surface area contributed by atoms with Gasteiger partial charge in [0, 0.05) is 12.2 Å². The Balaban J connectivity index is 0.00000280. The molecule has 0 bridgehead atoms. The Labute approximate surface area is 250 Å². The summed E-state index contributed by atoms with van der Waals surface area (Å²) in [5.41, 5.74) is 7.73. The molecule has 3 aromatic rings. The summed E-state index contributed by atoms with van der Waals surface area (Å²) in [5, 5.41) is 12.3. The van der Waals surface area contributed by atoms with Crippen LogP contribution in [0, 0.1) is 5.41 Å². The number of rotatable bonds is 12. The van der Waals surface area contributed by atoms with Crippen LogP contribution in [0.4, 0.5) is 5.69 Å². The highest BCUT2D eigenvalue weighted by Crippen LogP contribution is 2.29.